The molecule has 32 heavy (non-hydrogen) atoms. The minimum absolute atomic E-state index is 0.215. The minimum atomic E-state index is -0.412. The number of thioether (sulfide) groups is 1. The average Bonchev–Trinajstić information content (AvgIpc) is 3.41. The van der Waals surface area contributed by atoms with Crippen molar-refractivity contribution < 1.29 is 9.13 Å². The molecule has 4 rings (SSSR count). The molecule has 1 atom stereocenters. The standard InChI is InChI=1S/C22H19Cl2FN4OS2/c1-3-29-20(13(2)30-19-9-8-14(25)10-18(19)24)27-28-22(29)32-12-15-11-31-21(26-15)16-6-4-5-7-17(16)23/h4-11,13H,3,12H2,1-2H3. The van der Waals surface area contributed by atoms with Crippen LogP contribution >= 0.6 is 46.3 Å². The second-order valence-corrected chi connectivity index (χ2v) is 9.45. The van der Waals surface area contributed by atoms with Crippen LogP contribution in [0.2, 0.25) is 10.0 Å². The van der Waals surface area contributed by atoms with Crippen molar-refractivity contribution in [2.75, 3.05) is 0 Å². The van der Waals surface area contributed by atoms with E-state index >= 15 is 0 Å². The third-order valence-corrected chi connectivity index (χ3v) is 7.18. The van der Waals surface area contributed by atoms with Gasteiger partial charge in [-0.25, -0.2) is 9.37 Å². The molecule has 0 aliphatic rings. The Morgan fingerprint density at radius 3 is 2.72 bits per heavy atom. The van der Waals surface area contributed by atoms with E-state index < -0.39 is 11.9 Å². The fraction of sp³-hybridized carbons (Fsp3) is 0.227. The molecule has 166 valence electrons. The van der Waals surface area contributed by atoms with Crippen LogP contribution in [0.15, 0.2) is 53.0 Å². The molecule has 0 saturated heterocycles. The van der Waals surface area contributed by atoms with Gasteiger partial charge in [0.25, 0.3) is 0 Å². The highest BCUT2D eigenvalue weighted by molar-refractivity contribution is 7.98. The highest BCUT2D eigenvalue weighted by Gasteiger charge is 2.20. The lowest BCUT2D eigenvalue weighted by molar-refractivity contribution is 0.210. The van der Waals surface area contributed by atoms with Gasteiger partial charge in [-0.05, 0) is 38.1 Å². The molecule has 2 heterocycles. The summed E-state index contributed by atoms with van der Waals surface area (Å²) in [5.74, 6) is 1.31. The molecule has 0 N–H and O–H groups in total. The van der Waals surface area contributed by atoms with E-state index in [2.05, 4.69) is 10.2 Å². The summed E-state index contributed by atoms with van der Waals surface area (Å²) in [4.78, 5) is 4.71. The molecule has 0 fully saturated rings. The normalized spacial score (nSPS) is 12.2. The van der Waals surface area contributed by atoms with E-state index in [9.17, 15) is 4.39 Å². The van der Waals surface area contributed by atoms with E-state index in [1.807, 2.05) is 48.1 Å². The summed E-state index contributed by atoms with van der Waals surface area (Å²) in [7, 11) is 0. The van der Waals surface area contributed by atoms with Crippen LogP contribution < -0.4 is 4.74 Å². The van der Waals surface area contributed by atoms with Crippen LogP contribution in [0.3, 0.4) is 0 Å². The second-order valence-electron chi connectivity index (χ2n) is 6.83. The van der Waals surface area contributed by atoms with Gasteiger partial charge in [0.1, 0.15) is 16.6 Å². The number of aromatic nitrogens is 4. The summed E-state index contributed by atoms with van der Waals surface area (Å²) in [5, 5.41) is 13.3. The van der Waals surface area contributed by atoms with Crippen molar-refractivity contribution in [2.45, 2.75) is 37.4 Å². The summed E-state index contributed by atoms with van der Waals surface area (Å²) >= 11 is 15.5. The van der Waals surface area contributed by atoms with Gasteiger partial charge < -0.3 is 9.30 Å². The molecule has 10 heteroatoms. The summed E-state index contributed by atoms with van der Waals surface area (Å²) in [6.45, 7) is 4.56. The molecule has 5 nitrogen and oxygen atoms in total. The molecule has 0 radical (unpaired) electrons. The molecule has 0 aliphatic carbocycles. The zero-order valence-corrected chi connectivity index (χ0v) is 20.4. The predicted molar refractivity (Wildman–Crippen MR) is 128 cm³/mol. The Bertz CT molecular complexity index is 1230. The van der Waals surface area contributed by atoms with Gasteiger partial charge in [-0.2, -0.15) is 0 Å². The van der Waals surface area contributed by atoms with Crippen molar-refractivity contribution in [2.24, 2.45) is 0 Å². The molecule has 0 amide bonds. The first-order chi connectivity index (χ1) is 15.5. The number of thiazole rings is 1. The predicted octanol–water partition coefficient (Wildman–Crippen LogP) is 7.30. The molecule has 0 bridgehead atoms. The van der Waals surface area contributed by atoms with Crippen molar-refractivity contribution >= 4 is 46.3 Å². The van der Waals surface area contributed by atoms with Crippen molar-refractivity contribution in [3.8, 4) is 16.3 Å². The van der Waals surface area contributed by atoms with Crippen molar-refractivity contribution in [3.63, 3.8) is 0 Å². The van der Waals surface area contributed by atoms with Crippen molar-refractivity contribution in [1.82, 2.24) is 19.7 Å². The molecule has 0 spiro atoms. The van der Waals surface area contributed by atoms with Gasteiger partial charge in [-0.15, -0.1) is 21.5 Å². The number of benzene rings is 2. The molecule has 4 aromatic rings. The van der Waals surface area contributed by atoms with E-state index in [-0.39, 0.29) is 5.02 Å². The van der Waals surface area contributed by atoms with Crippen LogP contribution in [-0.2, 0) is 12.3 Å². The Morgan fingerprint density at radius 1 is 1.16 bits per heavy atom. The fourth-order valence-corrected chi connectivity index (χ4v) is 5.45. The van der Waals surface area contributed by atoms with Gasteiger partial charge in [0.05, 0.1) is 15.7 Å². The molecule has 0 aliphatic heterocycles. The van der Waals surface area contributed by atoms with Crippen LogP contribution in [0.25, 0.3) is 10.6 Å². The molecule has 2 aromatic carbocycles. The Balaban J connectivity index is 1.46. The van der Waals surface area contributed by atoms with E-state index in [4.69, 9.17) is 32.9 Å². The van der Waals surface area contributed by atoms with Gasteiger partial charge in [-0.3, -0.25) is 0 Å². The van der Waals surface area contributed by atoms with Gasteiger partial charge >= 0.3 is 0 Å². The number of nitrogens with zero attached hydrogens (tertiary/aromatic N) is 4. The maximum atomic E-state index is 13.3. The Labute approximate surface area is 203 Å². The van der Waals surface area contributed by atoms with E-state index in [1.54, 1.807) is 23.1 Å². The van der Waals surface area contributed by atoms with Gasteiger partial charge in [-0.1, -0.05) is 53.2 Å². The average molecular weight is 509 g/mol. The topological polar surface area (TPSA) is 52.8 Å². The van der Waals surface area contributed by atoms with E-state index in [0.717, 1.165) is 21.4 Å². The zero-order chi connectivity index (χ0) is 22.7. The molecule has 2 aromatic heterocycles. The Hall–Kier alpha value is -2.13. The third kappa shape index (κ3) is 5.09. The highest BCUT2D eigenvalue weighted by atomic mass is 35.5. The third-order valence-electron chi connectivity index (χ3n) is 4.63. The fourth-order valence-electron chi connectivity index (χ4n) is 3.09. The van der Waals surface area contributed by atoms with Crippen LogP contribution in [0, 0.1) is 5.82 Å². The monoisotopic (exact) mass is 508 g/mol. The number of hydrogen-bond donors (Lipinski definition) is 0. The number of ether oxygens (including phenoxy) is 1. The summed E-state index contributed by atoms with van der Waals surface area (Å²) in [6, 6.07) is 11.7. The first-order valence-electron chi connectivity index (χ1n) is 9.83. The Kier molecular flexibility index (Phi) is 7.35. The van der Waals surface area contributed by atoms with Crippen molar-refractivity contribution in [1.29, 1.82) is 0 Å². The highest BCUT2D eigenvalue weighted by Crippen LogP contribution is 2.33. The summed E-state index contributed by atoms with van der Waals surface area (Å²) in [6.07, 6.45) is -0.411. The quantitative estimate of drug-likeness (QED) is 0.233. The molecular formula is C22H19Cl2FN4OS2. The Morgan fingerprint density at radius 2 is 1.97 bits per heavy atom. The second kappa shape index (κ2) is 10.2. The van der Waals surface area contributed by atoms with Gasteiger partial charge in [0.2, 0.25) is 0 Å². The minimum Gasteiger partial charge on any atom is -0.481 e. The number of halogens is 3. The van der Waals surface area contributed by atoms with Crippen LogP contribution in [0.1, 0.15) is 31.5 Å². The first-order valence-corrected chi connectivity index (χ1v) is 12.4. The van der Waals surface area contributed by atoms with Crippen LogP contribution in [0.4, 0.5) is 4.39 Å². The van der Waals surface area contributed by atoms with E-state index in [0.29, 0.717) is 28.9 Å². The van der Waals surface area contributed by atoms with Gasteiger partial charge in [0.15, 0.2) is 17.1 Å². The molecule has 0 saturated carbocycles. The maximum absolute atomic E-state index is 13.3. The lowest BCUT2D eigenvalue weighted by Crippen LogP contribution is -2.12. The van der Waals surface area contributed by atoms with Crippen LogP contribution in [-0.4, -0.2) is 19.7 Å². The lowest BCUT2D eigenvalue weighted by atomic mass is 10.2. The largest absolute Gasteiger partial charge is 0.481 e. The van der Waals surface area contributed by atoms with Gasteiger partial charge in [0, 0.05) is 23.2 Å². The first kappa shape index (κ1) is 23.0. The van der Waals surface area contributed by atoms with E-state index in [1.165, 1.54) is 18.2 Å². The molecular weight excluding hydrogens is 490 g/mol. The maximum Gasteiger partial charge on any atom is 0.191 e. The van der Waals surface area contributed by atoms with Crippen LogP contribution in [0.5, 0.6) is 5.75 Å². The molecule has 1 unspecified atom stereocenters. The number of rotatable bonds is 8. The summed E-state index contributed by atoms with van der Waals surface area (Å²) < 4.78 is 21.2. The smallest absolute Gasteiger partial charge is 0.191 e. The zero-order valence-electron chi connectivity index (χ0n) is 17.3. The lowest BCUT2D eigenvalue weighted by Gasteiger charge is -2.16. The SMILES string of the molecule is CCn1c(SCc2csc(-c3ccccc3Cl)n2)nnc1C(C)Oc1ccc(F)cc1Cl. The number of hydrogen-bond acceptors (Lipinski definition) is 6. The van der Waals surface area contributed by atoms with Crippen molar-refractivity contribution in [3.05, 3.63) is 75.2 Å². The summed E-state index contributed by atoms with van der Waals surface area (Å²) in [5.41, 5.74) is 1.88.